The summed E-state index contributed by atoms with van der Waals surface area (Å²) in [5.41, 5.74) is -0.708. The van der Waals surface area contributed by atoms with Crippen LogP contribution in [0.15, 0.2) is 0 Å². The topological polar surface area (TPSA) is 84.4 Å². The summed E-state index contributed by atoms with van der Waals surface area (Å²) in [6.45, 7) is 12.2. The third kappa shape index (κ3) is 4.68. The van der Waals surface area contributed by atoms with E-state index in [2.05, 4.69) is 4.98 Å². The molecule has 182 valence electrons. The first-order valence-corrected chi connectivity index (χ1v) is 11.8. The van der Waals surface area contributed by atoms with Gasteiger partial charge >= 0.3 is 6.09 Å². The summed E-state index contributed by atoms with van der Waals surface area (Å²) in [4.78, 5) is 36.3. The third-order valence-corrected chi connectivity index (χ3v) is 6.69. The smallest absolute Gasteiger partial charge is 0.410 e. The van der Waals surface area contributed by atoms with Gasteiger partial charge in [-0.05, 0) is 34.6 Å². The molecule has 0 N–H and O–H groups in total. The summed E-state index contributed by atoms with van der Waals surface area (Å²) >= 11 is 12.8. The predicted molar refractivity (Wildman–Crippen MR) is 125 cm³/mol. The van der Waals surface area contributed by atoms with Crippen molar-refractivity contribution < 1.29 is 23.8 Å². The highest BCUT2D eigenvalue weighted by Gasteiger charge is 2.43. The van der Waals surface area contributed by atoms with Gasteiger partial charge in [0.15, 0.2) is 10.9 Å². The third-order valence-electron chi connectivity index (χ3n) is 5.97. The van der Waals surface area contributed by atoms with E-state index in [9.17, 15) is 9.59 Å². The molecule has 3 aliphatic heterocycles. The molecule has 0 unspecified atom stereocenters. The second kappa shape index (κ2) is 8.67. The van der Waals surface area contributed by atoms with Gasteiger partial charge < -0.3 is 28.9 Å². The minimum Gasteiger partial charge on any atom is -0.489 e. The van der Waals surface area contributed by atoms with Crippen LogP contribution in [0.5, 0.6) is 5.75 Å². The van der Waals surface area contributed by atoms with Crippen LogP contribution in [0.25, 0.3) is 0 Å². The summed E-state index contributed by atoms with van der Waals surface area (Å²) in [5, 5.41) is 0.189. The standard InChI is InChI=1S/C22H30Cl2N4O5/c1-21(2,3)33-20(30)26-6-7-27-13(10-26)11-32-16-14(19(27)29)18(25-17(24)15(16)23)28-8-9-31-12-22(28,4)5/h13H,6-12H2,1-5H3/t13-/m1/s1. The molecule has 0 spiro atoms. The second-order valence-electron chi connectivity index (χ2n) is 10.2. The van der Waals surface area contributed by atoms with Gasteiger partial charge in [-0.15, -0.1) is 0 Å². The number of amides is 2. The lowest BCUT2D eigenvalue weighted by atomic mass is 10.0. The zero-order chi connectivity index (χ0) is 24.1. The summed E-state index contributed by atoms with van der Waals surface area (Å²) in [5.74, 6) is 0.435. The van der Waals surface area contributed by atoms with Crippen molar-refractivity contribution in [3.8, 4) is 5.75 Å². The van der Waals surface area contributed by atoms with Crippen LogP contribution < -0.4 is 9.64 Å². The van der Waals surface area contributed by atoms with E-state index in [1.807, 2.05) is 39.5 Å². The first kappa shape index (κ1) is 24.2. The molecule has 2 saturated heterocycles. The molecular weight excluding hydrogens is 471 g/mol. The number of rotatable bonds is 1. The fraction of sp³-hybridized carbons (Fsp3) is 0.682. The van der Waals surface area contributed by atoms with Gasteiger partial charge in [-0.25, -0.2) is 9.78 Å². The number of pyridine rings is 1. The number of hydrogen-bond acceptors (Lipinski definition) is 7. The fourth-order valence-electron chi connectivity index (χ4n) is 4.36. The number of carbonyl (C=O) groups excluding carboxylic acids is 2. The van der Waals surface area contributed by atoms with Gasteiger partial charge in [0.2, 0.25) is 0 Å². The van der Waals surface area contributed by atoms with Crippen LogP contribution in [0, 0.1) is 0 Å². The normalized spacial score (nSPS) is 22.8. The Bertz CT molecular complexity index is 965. The zero-order valence-corrected chi connectivity index (χ0v) is 21.1. The molecule has 0 saturated carbocycles. The van der Waals surface area contributed by atoms with E-state index in [-0.39, 0.29) is 34.5 Å². The molecule has 1 atom stereocenters. The molecule has 0 radical (unpaired) electrons. The number of aromatic nitrogens is 1. The van der Waals surface area contributed by atoms with Gasteiger partial charge in [0, 0.05) is 26.2 Å². The molecule has 4 rings (SSSR count). The van der Waals surface area contributed by atoms with E-state index in [0.29, 0.717) is 50.8 Å². The van der Waals surface area contributed by atoms with E-state index < -0.39 is 17.2 Å². The quantitative estimate of drug-likeness (QED) is 0.545. The number of morpholine rings is 1. The SMILES string of the molecule is CC(C)(C)OC(=O)N1CCN2C(=O)c3c(N4CCOCC4(C)C)nc(Cl)c(Cl)c3OC[C@H]2C1. The average molecular weight is 501 g/mol. The first-order valence-electron chi connectivity index (χ1n) is 11.0. The predicted octanol–water partition coefficient (Wildman–Crippen LogP) is 3.46. The molecule has 1 aromatic heterocycles. The molecule has 9 nitrogen and oxygen atoms in total. The number of hydrogen-bond donors (Lipinski definition) is 0. The van der Waals surface area contributed by atoms with Crippen LogP contribution in [0.4, 0.5) is 10.6 Å². The number of fused-ring (bicyclic) bond motifs is 2. The van der Waals surface area contributed by atoms with Crippen molar-refractivity contribution in [1.29, 1.82) is 0 Å². The van der Waals surface area contributed by atoms with Crippen molar-refractivity contribution >= 4 is 41.0 Å². The summed E-state index contributed by atoms with van der Waals surface area (Å²) < 4.78 is 17.2. The highest BCUT2D eigenvalue weighted by atomic mass is 35.5. The van der Waals surface area contributed by atoms with E-state index in [4.69, 9.17) is 37.4 Å². The van der Waals surface area contributed by atoms with Crippen molar-refractivity contribution in [2.24, 2.45) is 0 Å². The van der Waals surface area contributed by atoms with Crippen LogP contribution in [0.2, 0.25) is 10.2 Å². The lowest BCUT2D eigenvalue weighted by Crippen LogP contribution is -2.58. The monoisotopic (exact) mass is 500 g/mol. The maximum absolute atomic E-state index is 13.8. The van der Waals surface area contributed by atoms with Crippen LogP contribution in [-0.4, -0.2) is 90.0 Å². The molecule has 4 heterocycles. The van der Waals surface area contributed by atoms with Gasteiger partial charge in [0.1, 0.15) is 28.6 Å². The van der Waals surface area contributed by atoms with Gasteiger partial charge in [0.05, 0.1) is 24.8 Å². The summed E-state index contributed by atoms with van der Waals surface area (Å²) in [6.07, 6.45) is -0.408. The maximum Gasteiger partial charge on any atom is 0.410 e. The van der Waals surface area contributed by atoms with Gasteiger partial charge in [0.25, 0.3) is 5.91 Å². The number of anilines is 1. The minimum absolute atomic E-state index is 0.0794. The molecule has 2 amide bonds. The largest absolute Gasteiger partial charge is 0.489 e. The number of piperazine rings is 1. The highest BCUT2D eigenvalue weighted by molar-refractivity contribution is 6.42. The van der Waals surface area contributed by atoms with Crippen molar-refractivity contribution in [3.63, 3.8) is 0 Å². The second-order valence-corrected chi connectivity index (χ2v) is 10.9. The van der Waals surface area contributed by atoms with E-state index >= 15 is 0 Å². The molecular formula is C22H30Cl2N4O5. The lowest BCUT2D eigenvalue weighted by molar-refractivity contribution is 0.000942. The number of ether oxygens (including phenoxy) is 3. The Morgan fingerprint density at radius 1 is 1.21 bits per heavy atom. The number of nitrogens with zero attached hydrogens (tertiary/aromatic N) is 4. The van der Waals surface area contributed by atoms with Crippen molar-refractivity contribution in [1.82, 2.24) is 14.8 Å². The van der Waals surface area contributed by atoms with E-state index in [1.54, 1.807) is 9.80 Å². The van der Waals surface area contributed by atoms with Crippen LogP contribution >= 0.6 is 23.2 Å². The molecule has 3 aliphatic rings. The number of carbonyl (C=O) groups is 2. The Balaban J connectivity index is 1.67. The first-order chi connectivity index (χ1) is 15.4. The van der Waals surface area contributed by atoms with Crippen LogP contribution in [-0.2, 0) is 9.47 Å². The summed E-state index contributed by atoms with van der Waals surface area (Å²) in [7, 11) is 0. The Morgan fingerprint density at radius 3 is 2.61 bits per heavy atom. The van der Waals surface area contributed by atoms with E-state index in [1.165, 1.54) is 0 Å². The molecule has 1 aromatic rings. The minimum atomic E-state index is -0.601. The Morgan fingerprint density at radius 2 is 1.94 bits per heavy atom. The Labute approximate surface area is 203 Å². The molecule has 0 aromatic carbocycles. The van der Waals surface area contributed by atoms with Gasteiger partial charge in [-0.1, -0.05) is 23.2 Å². The van der Waals surface area contributed by atoms with Crippen molar-refractivity contribution in [2.75, 3.05) is 50.9 Å². The van der Waals surface area contributed by atoms with Crippen molar-refractivity contribution in [2.45, 2.75) is 51.8 Å². The van der Waals surface area contributed by atoms with E-state index in [0.717, 1.165) is 0 Å². The Hall–Kier alpha value is -1.97. The molecule has 2 fully saturated rings. The molecule has 0 aliphatic carbocycles. The van der Waals surface area contributed by atoms with Gasteiger partial charge in [-0.2, -0.15) is 0 Å². The summed E-state index contributed by atoms with van der Waals surface area (Å²) in [6, 6.07) is -0.355. The Kier molecular flexibility index (Phi) is 6.35. The molecule has 0 bridgehead atoms. The van der Waals surface area contributed by atoms with Crippen LogP contribution in [0.3, 0.4) is 0 Å². The number of halogens is 2. The highest BCUT2D eigenvalue weighted by Crippen LogP contribution is 2.43. The average Bonchev–Trinajstić information content (AvgIpc) is 2.86. The zero-order valence-electron chi connectivity index (χ0n) is 19.6. The van der Waals surface area contributed by atoms with Crippen LogP contribution in [0.1, 0.15) is 45.0 Å². The lowest BCUT2D eigenvalue weighted by Gasteiger charge is -2.44. The fourth-order valence-corrected chi connectivity index (χ4v) is 4.72. The van der Waals surface area contributed by atoms with Gasteiger partial charge in [-0.3, -0.25) is 4.79 Å². The molecule has 33 heavy (non-hydrogen) atoms. The maximum atomic E-state index is 13.8. The van der Waals surface area contributed by atoms with Crippen molar-refractivity contribution in [3.05, 3.63) is 15.7 Å². The molecule has 11 heteroatoms.